The molecule has 4 heteroatoms. The predicted octanol–water partition coefficient (Wildman–Crippen LogP) is 4.66. The Balaban J connectivity index is 1.52. The Morgan fingerprint density at radius 1 is 0.750 bits per heavy atom. The van der Waals surface area contributed by atoms with Crippen molar-refractivity contribution < 1.29 is 0 Å². The molecule has 0 fully saturated rings. The second kappa shape index (κ2) is 6.74. The number of rotatable bonds is 3. The van der Waals surface area contributed by atoms with Crippen molar-refractivity contribution in [3.8, 4) is 11.1 Å². The van der Waals surface area contributed by atoms with Gasteiger partial charge in [0.2, 0.25) is 0 Å². The van der Waals surface area contributed by atoms with Gasteiger partial charge in [-0.1, -0.05) is 54.6 Å². The van der Waals surface area contributed by atoms with Crippen molar-refractivity contribution in [3.05, 3.63) is 107 Å². The van der Waals surface area contributed by atoms with Crippen LogP contribution < -0.4 is 5.56 Å². The number of hydrogen-bond donors (Lipinski definition) is 0. The molecule has 4 nitrogen and oxygen atoms in total. The van der Waals surface area contributed by atoms with Gasteiger partial charge in [-0.2, -0.15) is 0 Å². The molecule has 0 amide bonds. The van der Waals surface area contributed by atoms with Gasteiger partial charge in [0.05, 0.1) is 18.4 Å². The van der Waals surface area contributed by atoms with E-state index >= 15 is 0 Å². The van der Waals surface area contributed by atoms with Gasteiger partial charge in [0.1, 0.15) is 0 Å². The highest BCUT2D eigenvalue weighted by molar-refractivity contribution is 5.87. The molecule has 0 aliphatic carbocycles. The van der Waals surface area contributed by atoms with E-state index < -0.39 is 0 Å². The van der Waals surface area contributed by atoms with Gasteiger partial charge >= 0.3 is 0 Å². The molecule has 0 N–H and O–H groups in total. The van der Waals surface area contributed by atoms with Gasteiger partial charge in [-0.3, -0.25) is 9.36 Å². The third kappa shape index (κ3) is 2.95. The van der Waals surface area contributed by atoms with E-state index in [2.05, 4.69) is 58.5 Å². The molecule has 0 saturated heterocycles. The van der Waals surface area contributed by atoms with Crippen LogP contribution in [0.2, 0.25) is 0 Å². The summed E-state index contributed by atoms with van der Waals surface area (Å²) in [6.07, 6.45) is 3.21. The van der Waals surface area contributed by atoms with Crippen LogP contribution in [0.5, 0.6) is 0 Å². The number of hydrogen-bond acceptors (Lipinski definition) is 3. The van der Waals surface area contributed by atoms with E-state index in [1.54, 1.807) is 29.2 Å². The molecule has 0 atom stereocenters. The van der Waals surface area contributed by atoms with Gasteiger partial charge in [-0.25, -0.2) is 9.97 Å². The van der Waals surface area contributed by atoms with Crippen LogP contribution in [-0.4, -0.2) is 14.5 Å². The van der Waals surface area contributed by atoms with E-state index in [0.29, 0.717) is 17.6 Å². The van der Waals surface area contributed by atoms with E-state index in [0.717, 1.165) is 16.7 Å². The fourth-order valence-corrected chi connectivity index (χ4v) is 3.51. The molecule has 134 valence electrons. The van der Waals surface area contributed by atoms with Gasteiger partial charge in [-0.15, -0.1) is 0 Å². The van der Waals surface area contributed by atoms with Crippen LogP contribution >= 0.6 is 0 Å². The molecule has 0 aliphatic rings. The number of pyridine rings is 1. The molecule has 0 radical (unpaired) electrons. The molecule has 3 aromatic carbocycles. The summed E-state index contributed by atoms with van der Waals surface area (Å²) >= 11 is 0. The maximum atomic E-state index is 12.7. The summed E-state index contributed by atoms with van der Waals surface area (Å²) in [4.78, 5) is 21.2. The summed E-state index contributed by atoms with van der Waals surface area (Å²) < 4.78 is 1.61. The van der Waals surface area contributed by atoms with Gasteiger partial charge in [0.15, 0.2) is 5.52 Å². The van der Waals surface area contributed by atoms with E-state index in [9.17, 15) is 4.79 Å². The second-order valence-corrected chi connectivity index (χ2v) is 6.81. The van der Waals surface area contributed by atoms with Crippen molar-refractivity contribution in [1.29, 1.82) is 0 Å². The summed E-state index contributed by atoms with van der Waals surface area (Å²) in [5.41, 5.74) is 4.23. The highest BCUT2D eigenvalue weighted by atomic mass is 16.1. The van der Waals surface area contributed by atoms with Crippen molar-refractivity contribution >= 4 is 21.8 Å². The zero-order valence-electron chi connectivity index (χ0n) is 15.1. The van der Waals surface area contributed by atoms with Crippen molar-refractivity contribution in [2.75, 3.05) is 0 Å². The lowest BCUT2D eigenvalue weighted by atomic mass is 10.00. The first-order chi connectivity index (χ1) is 13.8. The van der Waals surface area contributed by atoms with Crippen molar-refractivity contribution in [3.63, 3.8) is 0 Å². The minimum Gasteiger partial charge on any atom is -0.293 e. The lowest BCUT2D eigenvalue weighted by Gasteiger charge is -2.09. The quantitative estimate of drug-likeness (QED) is 0.468. The molecule has 5 aromatic rings. The topological polar surface area (TPSA) is 47.8 Å². The highest BCUT2D eigenvalue weighted by Gasteiger charge is 2.07. The molecule has 5 rings (SSSR count). The summed E-state index contributed by atoms with van der Waals surface area (Å²) in [5, 5.41) is 2.44. The van der Waals surface area contributed by atoms with Crippen LogP contribution in [0.1, 0.15) is 5.56 Å². The van der Waals surface area contributed by atoms with Gasteiger partial charge in [0.25, 0.3) is 5.56 Å². The van der Waals surface area contributed by atoms with Crippen molar-refractivity contribution in [2.45, 2.75) is 6.54 Å². The molecule has 0 bridgehead atoms. The summed E-state index contributed by atoms with van der Waals surface area (Å²) in [6.45, 7) is 0.458. The van der Waals surface area contributed by atoms with E-state index in [4.69, 9.17) is 0 Å². The van der Waals surface area contributed by atoms with Crippen LogP contribution in [0.25, 0.3) is 32.9 Å². The maximum absolute atomic E-state index is 12.7. The van der Waals surface area contributed by atoms with Gasteiger partial charge < -0.3 is 0 Å². The number of benzene rings is 3. The first-order valence-corrected chi connectivity index (χ1v) is 9.16. The first kappa shape index (κ1) is 16.4. The van der Waals surface area contributed by atoms with E-state index in [-0.39, 0.29) is 5.56 Å². The number of fused-ring (bicyclic) bond motifs is 2. The standard InChI is InChI=1S/C24H17N3O/c28-24-23-22(9-4-12-25-23)26-16-27(24)15-17-5-3-8-19(13-17)21-11-10-18-6-1-2-7-20(18)14-21/h1-14,16H,15H2. The van der Waals surface area contributed by atoms with Crippen LogP contribution in [0.3, 0.4) is 0 Å². The molecular weight excluding hydrogens is 346 g/mol. The lowest BCUT2D eigenvalue weighted by molar-refractivity contribution is 0.746. The molecule has 0 saturated carbocycles. The minimum atomic E-state index is -0.123. The molecule has 2 aromatic heterocycles. The monoisotopic (exact) mass is 363 g/mol. The zero-order valence-corrected chi connectivity index (χ0v) is 15.1. The maximum Gasteiger partial charge on any atom is 0.280 e. The Morgan fingerprint density at radius 3 is 2.54 bits per heavy atom. The number of nitrogens with zero attached hydrogens (tertiary/aromatic N) is 3. The van der Waals surface area contributed by atoms with Crippen molar-refractivity contribution in [1.82, 2.24) is 14.5 Å². The Morgan fingerprint density at radius 2 is 1.61 bits per heavy atom. The van der Waals surface area contributed by atoms with E-state index in [1.807, 2.05) is 18.2 Å². The van der Waals surface area contributed by atoms with E-state index in [1.165, 1.54) is 10.8 Å². The fraction of sp³-hybridized carbons (Fsp3) is 0.0417. The highest BCUT2D eigenvalue weighted by Crippen LogP contribution is 2.25. The summed E-state index contributed by atoms with van der Waals surface area (Å²) in [5.74, 6) is 0. The van der Waals surface area contributed by atoms with Crippen LogP contribution in [0.4, 0.5) is 0 Å². The zero-order chi connectivity index (χ0) is 18.9. The third-order valence-electron chi connectivity index (χ3n) is 4.95. The Labute approximate surface area is 161 Å². The predicted molar refractivity (Wildman–Crippen MR) is 112 cm³/mol. The van der Waals surface area contributed by atoms with Crippen molar-refractivity contribution in [2.24, 2.45) is 0 Å². The second-order valence-electron chi connectivity index (χ2n) is 6.81. The molecule has 0 aliphatic heterocycles. The minimum absolute atomic E-state index is 0.123. The first-order valence-electron chi connectivity index (χ1n) is 9.16. The molecule has 28 heavy (non-hydrogen) atoms. The summed E-state index contributed by atoms with van der Waals surface area (Å²) in [7, 11) is 0. The van der Waals surface area contributed by atoms with Crippen LogP contribution in [0.15, 0.2) is 96.2 Å². The third-order valence-corrected chi connectivity index (χ3v) is 4.95. The Kier molecular flexibility index (Phi) is 3.95. The molecule has 0 spiro atoms. The smallest absolute Gasteiger partial charge is 0.280 e. The van der Waals surface area contributed by atoms with Gasteiger partial charge in [0, 0.05) is 6.20 Å². The molecular formula is C24H17N3O. The average Bonchev–Trinajstić information content (AvgIpc) is 2.76. The Hall–Kier alpha value is -3.79. The molecule has 2 heterocycles. The largest absolute Gasteiger partial charge is 0.293 e. The van der Waals surface area contributed by atoms with Crippen LogP contribution in [0, 0.1) is 0 Å². The van der Waals surface area contributed by atoms with Crippen LogP contribution in [-0.2, 0) is 6.54 Å². The number of aromatic nitrogens is 3. The summed E-state index contributed by atoms with van der Waals surface area (Å²) in [6, 6.07) is 26.7. The average molecular weight is 363 g/mol. The molecule has 0 unspecified atom stereocenters. The normalized spacial score (nSPS) is 11.1. The SMILES string of the molecule is O=c1c2ncccc2ncn1Cc1cccc(-c2ccc3ccccc3c2)c1. The fourth-order valence-electron chi connectivity index (χ4n) is 3.51. The van der Waals surface area contributed by atoms with Gasteiger partial charge in [-0.05, 0) is 51.7 Å². The Bertz CT molecular complexity index is 1370. The lowest BCUT2D eigenvalue weighted by Crippen LogP contribution is -2.21.